The van der Waals surface area contributed by atoms with Gasteiger partial charge in [-0.25, -0.2) is 0 Å². The molecule has 92 valence electrons. The molecular weight excluding hydrogens is 288 g/mol. The van der Waals surface area contributed by atoms with Crippen LogP contribution < -0.4 is 5.73 Å². The zero-order chi connectivity index (χ0) is 12.4. The number of rotatable bonds is 2. The SMILES string of the molecule is NC(=O)C1CCN(C(=O)c2coc(Br)c2)CC1. The first-order valence-corrected chi connectivity index (χ1v) is 6.20. The van der Waals surface area contributed by atoms with Crippen LogP contribution >= 0.6 is 15.9 Å². The van der Waals surface area contributed by atoms with Crippen LogP contribution in [0.1, 0.15) is 23.2 Å². The van der Waals surface area contributed by atoms with Gasteiger partial charge in [0, 0.05) is 25.1 Å². The van der Waals surface area contributed by atoms with Crippen molar-refractivity contribution in [1.29, 1.82) is 0 Å². The Morgan fingerprint density at radius 1 is 1.41 bits per heavy atom. The largest absolute Gasteiger partial charge is 0.457 e. The molecule has 2 N–H and O–H groups in total. The normalized spacial score (nSPS) is 17.1. The number of halogens is 1. The minimum Gasteiger partial charge on any atom is -0.457 e. The summed E-state index contributed by atoms with van der Waals surface area (Å²) in [5.41, 5.74) is 5.76. The lowest BCUT2D eigenvalue weighted by Gasteiger charge is -2.30. The van der Waals surface area contributed by atoms with Gasteiger partial charge in [0.15, 0.2) is 4.67 Å². The molecule has 6 heteroatoms. The Morgan fingerprint density at radius 3 is 2.53 bits per heavy atom. The van der Waals surface area contributed by atoms with Gasteiger partial charge in [-0.1, -0.05) is 0 Å². The monoisotopic (exact) mass is 300 g/mol. The van der Waals surface area contributed by atoms with E-state index in [1.165, 1.54) is 6.26 Å². The molecule has 1 aromatic rings. The fourth-order valence-electron chi connectivity index (χ4n) is 1.97. The molecule has 5 nitrogen and oxygen atoms in total. The number of carbonyl (C=O) groups excluding carboxylic acids is 2. The second-order valence-electron chi connectivity index (χ2n) is 4.11. The van der Waals surface area contributed by atoms with E-state index in [0.29, 0.717) is 36.2 Å². The van der Waals surface area contributed by atoms with Crippen LogP contribution in [0.3, 0.4) is 0 Å². The first-order chi connectivity index (χ1) is 8.08. The van der Waals surface area contributed by atoms with Gasteiger partial charge in [-0.15, -0.1) is 0 Å². The van der Waals surface area contributed by atoms with Crippen molar-refractivity contribution in [2.45, 2.75) is 12.8 Å². The molecule has 2 rings (SSSR count). The highest BCUT2D eigenvalue weighted by Gasteiger charge is 2.26. The van der Waals surface area contributed by atoms with E-state index in [9.17, 15) is 9.59 Å². The summed E-state index contributed by atoms with van der Waals surface area (Å²) in [5.74, 6) is -0.444. The fraction of sp³-hybridized carbons (Fsp3) is 0.455. The van der Waals surface area contributed by atoms with Gasteiger partial charge in [0.1, 0.15) is 6.26 Å². The van der Waals surface area contributed by atoms with Crippen LogP contribution in [0, 0.1) is 5.92 Å². The van der Waals surface area contributed by atoms with Crippen molar-refractivity contribution in [1.82, 2.24) is 4.90 Å². The number of furan rings is 1. The number of likely N-dealkylation sites (tertiary alicyclic amines) is 1. The topological polar surface area (TPSA) is 76.5 Å². The number of nitrogens with two attached hydrogens (primary N) is 1. The molecule has 0 unspecified atom stereocenters. The Kier molecular flexibility index (Phi) is 3.51. The molecule has 2 heterocycles. The number of piperidine rings is 1. The maximum atomic E-state index is 12.0. The van der Waals surface area contributed by atoms with E-state index in [0.717, 1.165) is 0 Å². The molecule has 0 saturated carbocycles. The van der Waals surface area contributed by atoms with E-state index >= 15 is 0 Å². The lowest BCUT2D eigenvalue weighted by atomic mass is 9.96. The molecule has 0 aromatic carbocycles. The van der Waals surface area contributed by atoms with Crippen LogP contribution in [0.4, 0.5) is 0 Å². The van der Waals surface area contributed by atoms with Gasteiger partial charge in [-0.05, 0) is 28.8 Å². The van der Waals surface area contributed by atoms with Crippen LogP contribution in [-0.4, -0.2) is 29.8 Å². The second kappa shape index (κ2) is 4.91. The van der Waals surface area contributed by atoms with Gasteiger partial charge in [-0.2, -0.15) is 0 Å². The zero-order valence-electron chi connectivity index (χ0n) is 9.19. The van der Waals surface area contributed by atoms with Crippen molar-refractivity contribution in [3.05, 3.63) is 22.6 Å². The van der Waals surface area contributed by atoms with Gasteiger partial charge < -0.3 is 15.1 Å². The molecule has 1 aliphatic rings. The van der Waals surface area contributed by atoms with Gasteiger partial charge >= 0.3 is 0 Å². The standard InChI is InChI=1S/C11H13BrN2O3/c12-9-5-8(6-17-9)11(16)14-3-1-7(2-4-14)10(13)15/h5-7H,1-4H2,(H2,13,15). The summed E-state index contributed by atoms with van der Waals surface area (Å²) in [7, 11) is 0. The third kappa shape index (κ3) is 2.69. The Morgan fingerprint density at radius 2 is 2.06 bits per heavy atom. The molecule has 0 spiro atoms. The molecule has 17 heavy (non-hydrogen) atoms. The van der Waals surface area contributed by atoms with Crippen LogP contribution in [0.2, 0.25) is 0 Å². The Bertz CT molecular complexity index is 436. The molecule has 0 atom stereocenters. The summed E-state index contributed by atoms with van der Waals surface area (Å²) in [4.78, 5) is 24.7. The molecule has 0 radical (unpaired) electrons. The third-order valence-electron chi connectivity index (χ3n) is 3.00. The zero-order valence-corrected chi connectivity index (χ0v) is 10.8. The maximum Gasteiger partial charge on any atom is 0.257 e. The van der Waals surface area contributed by atoms with Crippen molar-refractivity contribution < 1.29 is 14.0 Å². The highest BCUT2D eigenvalue weighted by molar-refractivity contribution is 9.10. The first kappa shape index (κ1) is 12.2. The fourth-order valence-corrected chi connectivity index (χ4v) is 2.31. The molecule has 0 bridgehead atoms. The Balaban J connectivity index is 1.97. The van der Waals surface area contributed by atoms with Crippen molar-refractivity contribution in [2.75, 3.05) is 13.1 Å². The molecule has 0 aliphatic carbocycles. The predicted octanol–water partition coefficient (Wildman–Crippen LogP) is 1.38. The number of amides is 2. The molecule has 2 amide bonds. The minimum atomic E-state index is -0.275. The molecule has 1 aliphatic heterocycles. The highest BCUT2D eigenvalue weighted by atomic mass is 79.9. The van der Waals surface area contributed by atoms with Crippen LogP contribution in [0.25, 0.3) is 0 Å². The lowest BCUT2D eigenvalue weighted by molar-refractivity contribution is -0.123. The van der Waals surface area contributed by atoms with Crippen molar-refractivity contribution in [2.24, 2.45) is 11.7 Å². The lowest BCUT2D eigenvalue weighted by Crippen LogP contribution is -2.41. The van der Waals surface area contributed by atoms with E-state index in [4.69, 9.17) is 10.2 Å². The van der Waals surface area contributed by atoms with Gasteiger partial charge in [0.05, 0.1) is 5.56 Å². The quantitative estimate of drug-likeness (QED) is 0.896. The summed E-state index contributed by atoms with van der Waals surface area (Å²) < 4.78 is 5.57. The Labute approximate surface area is 107 Å². The minimum absolute atomic E-state index is 0.0672. The van der Waals surface area contributed by atoms with Gasteiger partial charge in [-0.3, -0.25) is 9.59 Å². The number of primary amides is 1. The predicted molar refractivity (Wildman–Crippen MR) is 64.2 cm³/mol. The second-order valence-corrected chi connectivity index (χ2v) is 4.89. The molecule has 1 saturated heterocycles. The molecular formula is C11H13BrN2O3. The van der Waals surface area contributed by atoms with E-state index in [2.05, 4.69) is 15.9 Å². The van der Waals surface area contributed by atoms with Gasteiger partial charge in [0.25, 0.3) is 5.91 Å². The summed E-state index contributed by atoms with van der Waals surface area (Å²) in [6.45, 7) is 1.13. The van der Waals surface area contributed by atoms with Crippen LogP contribution in [0.15, 0.2) is 21.4 Å². The van der Waals surface area contributed by atoms with Crippen LogP contribution in [0.5, 0.6) is 0 Å². The Hall–Kier alpha value is -1.30. The third-order valence-corrected chi connectivity index (χ3v) is 3.41. The molecule has 1 fully saturated rings. The van der Waals surface area contributed by atoms with Crippen molar-refractivity contribution in [3.8, 4) is 0 Å². The van der Waals surface area contributed by atoms with E-state index < -0.39 is 0 Å². The number of hydrogen-bond acceptors (Lipinski definition) is 3. The smallest absolute Gasteiger partial charge is 0.257 e. The average molecular weight is 301 g/mol. The first-order valence-electron chi connectivity index (χ1n) is 5.40. The van der Waals surface area contributed by atoms with Gasteiger partial charge in [0.2, 0.25) is 5.91 Å². The van der Waals surface area contributed by atoms with E-state index in [1.807, 2.05) is 0 Å². The van der Waals surface area contributed by atoms with E-state index in [1.54, 1.807) is 11.0 Å². The number of nitrogens with zero attached hydrogens (tertiary/aromatic N) is 1. The number of carbonyl (C=O) groups is 2. The van der Waals surface area contributed by atoms with Crippen LogP contribution in [-0.2, 0) is 4.79 Å². The summed E-state index contributed by atoms with van der Waals surface area (Å²) in [5, 5.41) is 0. The summed E-state index contributed by atoms with van der Waals surface area (Å²) in [6, 6.07) is 1.64. The van der Waals surface area contributed by atoms with Crippen molar-refractivity contribution in [3.63, 3.8) is 0 Å². The average Bonchev–Trinajstić information content (AvgIpc) is 2.75. The summed E-state index contributed by atoms with van der Waals surface area (Å²) >= 11 is 3.15. The van der Waals surface area contributed by atoms with Crippen molar-refractivity contribution >= 4 is 27.7 Å². The molecule has 1 aromatic heterocycles. The highest BCUT2D eigenvalue weighted by Crippen LogP contribution is 2.21. The maximum absolute atomic E-state index is 12.0. The van der Waals surface area contributed by atoms with E-state index in [-0.39, 0.29) is 17.7 Å². The summed E-state index contributed by atoms with van der Waals surface area (Å²) in [6.07, 6.45) is 2.70. The number of hydrogen-bond donors (Lipinski definition) is 1.